The van der Waals surface area contributed by atoms with Crippen LogP contribution >= 0.6 is 0 Å². The first-order valence-electron chi connectivity index (χ1n) is 7.49. The molecule has 0 N–H and O–H groups in total. The van der Waals surface area contributed by atoms with Crippen molar-refractivity contribution in [2.24, 2.45) is 0 Å². The summed E-state index contributed by atoms with van der Waals surface area (Å²) in [6.45, 7) is 0.785. The van der Waals surface area contributed by atoms with Gasteiger partial charge in [0, 0.05) is 12.7 Å². The standard InChI is InChI=1S/C17H16N4O/c22-17(14-8-4-10-20-12-18-19-16(14)20)21-11-5-9-15(21)13-6-2-1-3-7-13/h1-4,6-8,10,12,15H,5,9,11H2. The molecule has 1 aliphatic rings. The highest BCUT2D eigenvalue weighted by Gasteiger charge is 2.31. The average molecular weight is 292 g/mol. The SMILES string of the molecule is O=C(c1cccn2cnnc12)N1CCCC1c1ccccc1. The Kier molecular flexibility index (Phi) is 3.11. The van der Waals surface area contributed by atoms with Crippen molar-refractivity contribution < 1.29 is 4.79 Å². The van der Waals surface area contributed by atoms with Crippen molar-refractivity contribution in [3.8, 4) is 0 Å². The summed E-state index contributed by atoms with van der Waals surface area (Å²) in [6.07, 6.45) is 5.50. The van der Waals surface area contributed by atoms with Gasteiger partial charge in [0.1, 0.15) is 6.33 Å². The second kappa shape index (κ2) is 5.26. The zero-order chi connectivity index (χ0) is 14.9. The molecule has 5 nitrogen and oxygen atoms in total. The Balaban J connectivity index is 1.71. The number of aromatic nitrogens is 3. The zero-order valence-electron chi connectivity index (χ0n) is 12.1. The van der Waals surface area contributed by atoms with Crippen molar-refractivity contribution in [1.82, 2.24) is 19.5 Å². The molecule has 5 heteroatoms. The van der Waals surface area contributed by atoms with Crippen LogP contribution in [0.4, 0.5) is 0 Å². The van der Waals surface area contributed by atoms with Gasteiger partial charge in [-0.3, -0.25) is 9.20 Å². The van der Waals surface area contributed by atoms with Crippen molar-refractivity contribution >= 4 is 11.6 Å². The van der Waals surface area contributed by atoms with Gasteiger partial charge >= 0.3 is 0 Å². The molecule has 1 unspecified atom stereocenters. The van der Waals surface area contributed by atoms with Crippen LogP contribution in [0.1, 0.15) is 34.8 Å². The van der Waals surface area contributed by atoms with Gasteiger partial charge in [-0.1, -0.05) is 30.3 Å². The summed E-state index contributed by atoms with van der Waals surface area (Å²) in [4.78, 5) is 14.9. The van der Waals surface area contributed by atoms with Crippen molar-refractivity contribution in [3.63, 3.8) is 0 Å². The summed E-state index contributed by atoms with van der Waals surface area (Å²) in [5.74, 6) is 0.0324. The summed E-state index contributed by atoms with van der Waals surface area (Å²) >= 11 is 0. The Bertz CT molecular complexity index is 812. The molecule has 0 bridgehead atoms. The maximum absolute atomic E-state index is 13.0. The molecule has 1 atom stereocenters. The van der Waals surface area contributed by atoms with Crippen LogP contribution in [0.15, 0.2) is 55.0 Å². The number of hydrogen-bond donors (Lipinski definition) is 0. The average Bonchev–Trinajstić information content (AvgIpc) is 3.23. The molecule has 1 amide bonds. The predicted octanol–water partition coefficient (Wildman–Crippen LogP) is 2.71. The lowest BCUT2D eigenvalue weighted by Crippen LogP contribution is -2.31. The second-order valence-corrected chi connectivity index (χ2v) is 5.55. The third-order valence-electron chi connectivity index (χ3n) is 4.25. The number of rotatable bonds is 2. The first-order valence-corrected chi connectivity index (χ1v) is 7.49. The molecule has 1 aliphatic heterocycles. The van der Waals surface area contributed by atoms with Crippen molar-refractivity contribution in [1.29, 1.82) is 0 Å². The predicted molar refractivity (Wildman–Crippen MR) is 82.4 cm³/mol. The second-order valence-electron chi connectivity index (χ2n) is 5.55. The highest BCUT2D eigenvalue weighted by Crippen LogP contribution is 2.33. The van der Waals surface area contributed by atoms with Crippen LogP contribution in [-0.4, -0.2) is 31.9 Å². The molecular formula is C17H16N4O. The lowest BCUT2D eigenvalue weighted by atomic mass is 10.0. The zero-order valence-corrected chi connectivity index (χ0v) is 12.1. The van der Waals surface area contributed by atoms with Gasteiger partial charge in [0.25, 0.3) is 5.91 Å². The first-order chi connectivity index (χ1) is 10.8. The van der Waals surface area contributed by atoms with E-state index in [4.69, 9.17) is 0 Å². The summed E-state index contributed by atoms with van der Waals surface area (Å²) in [5, 5.41) is 7.96. The summed E-state index contributed by atoms with van der Waals surface area (Å²) in [6, 6.07) is 14.1. The smallest absolute Gasteiger partial charge is 0.258 e. The van der Waals surface area contributed by atoms with E-state index < -0.39 is 0 Å². The first kappa shape index (κ1) is 13.0. The molecule has 22 heavy (non-hydrogen) atoms. The highest BCUT2D eigenvalue weighted by atomic mass is 16.2. The van der Waals surface area contributed by atoms with Crippen molar-refractivity contribution in [2.75, 3.05) is 6.54 Å². The molecule has 2 aromatic heterocycles. The summed E-state index contributed by atoms with van der Waals surface area (Å²) < 4.78 is 1.78. The van der Waals surface area contributed by atoms with Crippen LogP contribution in [0, 0.1) is 0 Å². The Labute approximate surface area is 128 Å². The maximum atomic E-state index is 13.0. The van der Waals surface area contributed by atoms with E-state index in [2.05, 4.69) is 22.3 Å². The minimum Gasteiger partial charge on any atom is -0.331 e. The van der Waals surface area contributed by atoms with Crippen LogP contribution in [0.3, 0.4) is 0 Å². The normalized spacial score (nSPS) is 18.0. The molecule has 110 valence electrons. The van der Waals surface area contributed by atoms with Crippen molar-refractivity contribution in [2.45, 2.75) is 18.9 Å². The molecule has 0 spiro atoms. The Morgan fingerprint density at radius 2 is 2.00 bits per heavy atom. The number of hydrogen-bond acceptors (Lipinski definition) is 3. The van der Waals surface area contributed by atoms with Crippen LogP contribution in [0.25, 0.3) is 5.65 Å². The van der Waals surface area contributed by atoms with Crippen LogP contribution in [0.5, 0.6) is 0 Å². The van der Waals surface area contributed by atoms with Crippen LogP contribution in [0.2, 0.25) is 0 Å². The van der Waals surface area contributed by atoms with E-state index in [0.29, 0.717) is 11.2 Å². The molecule has 3 aromatic rings. The Hall–Kier alpha value is -2.69. The molecule has 3 heterocycles. The topological polar surface area (TPSA) is 50.5 Å². The van der Waals surface area contributed by atoms with E-state index in [1.807, 2.05) is 41.4 Å². The Morgan fingerprint density at radius 3 is 2.86 bits per heavy atom. The fraction of sp³-hybridized carbons (Fsp3) is 0.235. The fourth-order valence-corrected chi connectivity index (χ4v) is 3.20. The highest BCUT2D eigenvalue weighted by molar-refractivity contribution is 6.00. The van der Waals surface area contributed by atoms with Crippen LogP contribution in [-0.2, 0) is 0 Å². The minimum absolute atomic E-state index is 0.0324. The number of likely N-dealkylation sites (tertiary alicyclic amines) is 1. The lowest BCUT2D eigenvalue weighted by Gasteiger charge is -2.25. The number of nitrogens with zero attached hydrogens (tertiary/aromatic N) is 4. The number of carbonyl (C=O) groups is 1. The van der Waals surface area contributed by atoms with Gasteiger partial charge in [0.05, 0.1) is 11.6 Å². The monoisotopic (exact) mass is 292 g/mol. The van der Waals surface area contributed by atoms with E-state index in [0.717, 1.165) is 19.4 Å². The van der Waals surface area contributed by atoms with E-state index in [1.54, 1.807) is 10.7 Å². The molecule has 1 saturated heterocycles. The van der Waals surface area contributed by atoms with Crippen molar-refractivity contribution in [3.05, 3.63) is 66.1 Å². The third kappa shape index (κ3) is 2.06. The fourth-order valence-electron chi connectivity index (χ4n) is 3.20. The van der Waals surface area contributed by atoms with E-state index in [-0.39, 0.29) is 11.9 Å². The number of benzene rings is 1. The van der Waals surface area contributed by atoms with Gasteiger partial charge in [-0.05, 0) is 30.5 Å². The molecule has 1 fully saturated rings. The molecule has 4 rings (SSSR count). The quantitative estimate of drug-likeness (QED) is 0.729. The van der Waals surface area contributed by atoms with Gasteiger partial charge in [0.2, 0.25) is 0 Å². The molecule has 1 aromatic carbocycles. The van der Waals surface area contributed by atoms with Gasteiger partial charge in [0.15, 0.2) is 5.65 Å². The van der Waals surface area contributed by atoms with Crippen LogP contribution < -0.4 is 0 Å². The lowest BCUT2D eigenvalue weighted by molar-refractivity contribution is 0.0737. The van der Waals surface area contributed by atoms with E-state index >= 15 is 0 Å². The molecule has 0 saturated carbocycles. The number of pyridine rings is 1. The van der Waals surface area contributed by atoms with Gasteiger partial charge in [-0.15, -0.1) is 10.2 Å². The molecule has 0 radical (unpaired) electrons. The third-order valence-corrected chi connectivity index (χ3v) is 4.25. The number of fused-ring (bicyclic) bond motifs is 1. The molecule has 0 aliphatic carbocycles. The number of amides is 1. The summed E-state index contributed by atoms with van der Waals surface area (Å²) in [7, 11) is 0. The van der Waals surface area contributed by atoms with Gasteiger partial charge in [-0.2, -0.15) is 0 Å². The minimum atomic E-state index is 0.0324. The Morgan fingerprint density at radius 1 is 1.14 bits per heavy atom. The van der Waals surface area contributed by atoms with Gasteiger partial charge in [-0.25, -0.2) is 0 Å². The molecular weight excluding hydrogens is 276 g/mol. The number of carbonyl (C=O) groups excluding carboxylic acids is 1. The largest absolute Gasteiger partial charge is 0.331 e. The van der Waals surface area contributed by atoms with E-state index in [9.17, 15) is 4.79 Å². The van der Waals surface area contributed by atoms with Gasteiger partial charge < -0.3 is 4.90 Å². The summed E-state index contributed by atoms with van der Waals surface area (Å²) in [5.41, 5.74) is 2.43. The maximum Gasteiger partial charge on any atom is 0.258 e. The van der Waals surface area contributed by atoms with E-state index in [1.165, 1.54) is 5.56 Å².